The van der Waals surface area contributed by atoms with E-state index >= 15 is 0 Å². The quantitative estimate of drug-likeness (QED) is 0.907. The summed E-state index contributed by atoms with van der Waals surface area (Å²) in [5.74, 6) is 0.699. The molecular formula is C23H32N4. The Hall–Kier alpha value is -1.65. The zero-order valence-electron chi connectivity index (χ0n) is 16.7. The van der Waals surface area contributed by atoms with Gasteiger partial charge in [0.15, 0.2) is 0 Å². The van der Waals surface area contributed by atoms with E-state index in [0.717, 1.165) is 6.42 Å². The monoisotopic (exact) mass is 364 g/mol. The van der Waals surface area contributed by atoms with E-state index in [-0.39, 0.29) is 5.54 Å². The van der Waals surface area contributed by atoms with Gasteiger partial charge in [-0.2, -0.15) is 0 Å². The largest absolute Gasteiger partial charge is 0.348 e. The SMILES string of the molecule is CC(C)CN1CCc2[nH]cnc2C12CCN(C1Cc3ccccc3C1)CC2. The van der Waals surface area contributed by atoms with Gasteiger partial charge < -0.3 is 4.98 Å². The Balaban J connectivity index is 1.35. The maximum atomic E-state index is 4.83. The molecule has 0 amide bonds. The van der Waals surface area contributed by atoms with Gasteiger partial charge >= 0.3 is 0 Å². The fraction of sp³-hybridized carbons (Fsp3) is 0.609. The van der Waals surface area contributed by atoms with Gasteiger partial charge in [0.25, 0.3) is 0 Å². The number of nitrogens with zero attached hydrogens (tertiary/aromatic N) is 3. The number of likely N-dealkylation sites (tertiary alicyclic amines) is 1. The van der Waals surface area contributed by atoms with Crippen molar-refractivity contribution >= 4 is 0 Å². The second-order valence-electron chi connectivity index (χ2n) is 9.22. The van der Waals surface area contributed by atoms with Crippen molar-refractivity contribution in [2.45, 2.75) is 57.5 Å². The molecule has 2 aliphatic heterocycles. The molecule has 144 valence electrons. The molecule has 1 fully saturated rings. The Morgan fingerprint density at radius 1 is 1.11 bits per heavy atom. The maximum Gasteiger partial charge on any atom is 0.0926 e. The van der Waals surface area contributed by atoms with E-state index in [1.54, 1.807) is 11.1 Å². The van der Waals surface area contributed by atoms with Gasteiger partial charge in [0.1, 0.15) is 0 Å². The molecule has 1 aromatic carbocycles. The van der Waals surface area contributed by atoms with Crippen molar-refractivity contribution in [3.8, 4) is 0 Å². The van der Waals surface area contributed by atoms with Crippen molar-refractivity contribution < 1.29 is 0 Å². The van der Waals surface area contributed by atoms with Crippen LogP contribution in [0, 0.1) is 5.92 Å². The fourth-order valence-electron chi connectivity index (χ4n) is 5.84. The Morgan fingerprint density at radius 2 is 1.81 bits per heavy atom. The van der Waals surface area contributed by atoms with Crippen molar-refractivity contribution in [3.63, 3.8) is 0 Å². The Kier molecular flexibility index (Phi) is 4.36. The summed E-state index contributed by atoms with van der Waals surface area (Å²) in [5.41, 5.74) is 6.02. The van der Waals surface area contributed by atoms with E-state index in [1.807, 2.05) is 6.33 Å². The molecule has 0 saturated carbocycles. The Labute approximate surface area is 163 Å². The molecule has 0 unspecified atom stereocenters. The second kappa shape index (κ2) is 6.75. The summed E-state index contributed by atoms with van der Waals surface area (Å²) in [6.45, 7) is 9.43. The zero-order valence-corrected chi connectivity index (χ0v) is 16.7. The predicted molar refractivity (Wildman–Crippen MR) is 109 cm³/mol. The first-order valence-corrected chi connectivity index (χ1v) is 10.7. The van der Waals surface area contributed by atoms with Gasteiger partial charge in [-0.3, -0.25) is 9.80 Å². The summed E-state index contributed by atoms with van der Waals surface area (Å²) < 4.78 is 0. The highest BCUT2D eigenvalue weighted by Crippen LogP contribution is 2.43. The lowest BCUT2D eigenvalue weighted by Gasteiger charge is -2.52. The molecule has 0 atom stereocenters. The van der Waals surface area contributed by atoms with Crippen molar-refractivity contribution in [3.05, 3.63) is 53.1 Å². The molecule has 3 heterocycles. The minimum atomic E-state index is 0.153. The lowest BCUT2D eigenvalue weighted by atomic mass is 9.78. The van der Waals surface area contributed by atoms with Gasteiger partial charge in [-0.15, -0.1) is 0 Å². The molecule has 1 saturated heterocycles. The van der Waals surface area contributed by atoms with Crippen LogP contribution in [0.4, 0.5) is 0 Å². The number of aromatic nitrogens is 2. The van der Waals surface area contributed by atoms with Crippen molar-refractivity contribution in [1.82, 2.24) is 19.8 Å². The van der Waals surface area contributed by atoms with Crippen molar-refractivity contribution in [1.29, 1.82) is 0 Å². The molecule has 2 aromatic rings. The molecule has 1 aliphatic carbocycles. The van der Waals surface area contributed by atoms with E-state index in [1.165, 1.54) is 63.3 Å². The molecule has 1 spiro atoms. The van der Waals surface area contributed by atoms with Crippen LogP contribution >= 0.6 is 0 Å². The van der Waals surface area contributed by atoms with E-state index in [9.17, 15) is 0 Å². The smallest absolute Gasteiger partial charge is 0.0926 e. The second-order valence-corrected chi connectivity index (χ2v) is 9.22. The topological polar surface area (TPSA) is 35.2 Å². The third kappa shape index (κ3) is 2.94. The molecule has 1 aromatic heterocycles. The molecule has 4 nitrogen and oxygen atoms in total. The average Bonchev–Trinajstić information content (AvgIpc) is 3.31. The van der Waals surface area contributed by atoms with Crippen molar-refractivity contribution in [2.24, 2.45) is 5.92 Å². The van der Waals surface area contributed by atoms with E-state index in [4.69, 9.17) is 4.98 Å². The van der Waals surface area contributed by atoms with Crippen LogP contribution in [0.5, 0.6) is 0 Å². The number of hydrogen-bond acceptors (Lipinski definition) is 3. The highest BCUT2D eigenvalue weighted by atomic mass is 15.3. The predicted octanol–water partition coefficient (Wildman–Crippen LogP) is 3.38. The third-order valence-corrected chi connectivity index (χ3v) is 7.15. The van der Waals surface area contributed by atoms with Gasteiger partial charge in [-0.1, -0.05) is 38.1 Å². The molecule has 3 aliphatic rings. The Bertz CT molecular complexity index is 775. The Morgan fingerprint density at radius 3 is 2.48 bits per heavy atom. The highest BCUT2D eigenvalue weighted by molar-refractivity contribution is 5.34. The highest BCUT2D eigenvalue weighted by Gasteiger charge is 2.47. The first-order valence-electron chi connectivity index (χ1n) is 10.7. The molecule has 5 rings (SSSR count). The number of fused-ring (bicyclic) bond motifs is 3. The van der Waals surface area contributed by atoms with Gasteiger partial charge in [0.05, 0.1) is 17.6 Å². The molecular weight excluding hydrogens is 332 g/mol. The number of hydrogen-bond donors (Lipinski definition) is 1. The van der Waals surface area contributed by atoms with Crippen LogP contribution in [0.2, 0.25) is 0 Å². The van der Waals surface area contributed by atoms with Crippen LogP contribution in [0.25, 0.3) is 0 Å². The summed E-state index contributed by atoms with van der Waals surface area (Å²) in [6.07, 6.45) is 7.92. The molecule has 27 heavy (non-hydrogen) atoms. The van der Waals surface area contributed by atoms with E-state index in [2.05, 4.69) is 52.9 Å². The number of H-pyrrole nitrogens is 1. The average molecular weight is 365 g/mol. The lowest BCUT2D eigenvalue weighted by Crippen LogP contribution is -2.58. The maximum absolute atomic E-state index is 4.83. The minimum absolute atomic E-state index is 0.153. The van der Waals surface area contributed by atoms with Gasteiger partial charge in [0.2, 0.25) is 0 Å². The number of aromatic amines is 1. The number of benzene rings is 1. The van der Waals surface area contributed by atoms with Crippen LogP contribution < -0.4 is 0 Å². The number of imidazole rings is 1. The number of nitrogens with one attached hydrogen (secondary N) is 1. The van der Waals surface area contributed by atoms with Gasteiger partial charge in [0, 0.05) is 44.3 Å². The number of piperidine rings is 1. The summed E-state index contributed by atoms with van der Waals surface area (Å²) in [6, 6.07) is 9.72. The molecule has 1 N–H and O–H groups in total. The van der Waals surface area contributed by atoms with Crippen molar-refractivity contribution in [2.75, 3.05) is 26.2 Å². The van der Waals surface area contributed by atoms with E-state index in [0.29, 0.717) is 12.0 Å². The molecule has 4 heteroatoms. The van der Waals surface area contributed by atoms with Crippen LogP contribution in [-0.4, -0.2) is 52.0 Å². The summed E-state index contributed by atoms with van der Waals surface area (Å²) >= 11 is 0. The molecule has 0 bridgehead atoms. The normalized spacial score (nSPS) is 23.1. The van der Waals surface area contributed by atoms with E-state index < -0.39 is 0 Å². The van der Waals surface area contributed by atoms with Crippen LogP contribution in [0.15, 0.2) is 30.6 Å². The van der Waals surface area contributed by atoms with Gasteiger partial charge in [-0.05, 0) is 42.7 Å². The van der Waals surface area contributed by atoms with Gasteiger partial charge in [-0.25, -0.2) is 4.98 Å². The molecule has 0 radical (unpaired) electrons. The van der Waals surface area contributed by atoms with Crippen LogP contribution in [0.1, 0.15) is 49.2 Å². The van der Waals surface area contributed by atoms with Crippen LogP contribution in [0.3, 0.4) is 0 Å². The minimum Gasteiger partial charge on any atom is -0.348 e. The van der Waals surface area contributed by atoms with Crippen LogP contribution in [-0.2, 0) is 24.8 Å². The fourth-order valence-corrected chi connectivity index (χ4v) is 5.84. The summed E-state index contributed by atoms with van der Waals surface area (Å²) in [4.78, 5) is 13.8. The third-order valence-electron chi connectivity index (χ3n) is 7.15. The lowest BCUT2D eigenvalue weighted by molar-refractivity contribution is -0.0112. The summed E-state index contributed by atoms with van der Waals surface area (Å²) in [7, 11) is 0. The number of rotatable bonds is 3. The summed E-state index contributed by atoms with van der Waals surface area (Å²) in [5, 5.41) is 0. The first-order chi connectivity index (χ1) is 13.2. The zero-order chi connectivity index (χ0) is 18.4. The standard InChI is InChI=1S/C23H32N4/c1-17(2)15-27-10-7-21-22(25-16-24-21)23(27)8-11-26(12-9-23)20-13-18-5-3-4-6-19(18)14-20/h3-6,16-17,20H,7-15H2,1-2H3,(H,24,25). The first kappa shape index (κ1) is 17.4.